The van der Waals surface area contributed by atoms with Crippen molar-refractivity contribution in [2.75, 3.05) is 6.54 Å². The Kier molecular flexibility index (Phi) is 8.36. The lowest BCUT2D eigenvalue weighted by molar-refractivity contribution is -0.139. The molecule has 0 aliphatic rings. The van der Waals surface area contributed by atoms with Gasteiger partial charge in [-0.05, 0) is 12.8 Å². The van der Waals surface area contributed by atoms with Crippen LogP contribution >= 0.6 is 34.8 Å². The zero-order valence-corrected chi connectivity index (χ0v) is 12.6. The summed E-state index contributed by atoms with van der Waals surface area (Å²) in [6, 6.07) is -0.899. The third-order valence-corrected chi connectivity index (χ3v) is 2.61. The molecule has 1 atom stereocenters. The van der Waals surface area contributed by atoms with E-state index < -0.39 is 21.6 Å². The molecule has 0 amide bonds. The molecular formula is C10H15Cl3N4O3. The minimum Gasteiger partial charge on any atom is -0.480 e. The minimum atomic E-state index is -2.07. The third kappa shape index (κ3) is 8.84. The van der Waals surface area contributed by atoms with E-state index in [4.69, 9.17) is 51.4 Å². The number of nitrogens with one attached hydrogen (secondary N) is 1. The van der Waals surface area contributed by atoms with Crippen molar-refractivity contribution in [1.29, 1.82) is 0 Å². The molecule has 0 spiro atoms. The molecule has 0 fully saturated rings. The number of halogens is 3. The summed E-state index contributed by atoms with van der Waals surface area (Å²) in [7, 11) is 0. The molecule has 0 saturated heterocycles. The van der Waals surface area contributed by atoms with E-state index in [1.807, 2.05) is 0 Å². The summed E-state index contributed by atoms with van der Waals surface area (Å²) in [6.45, 7) is 0.310. The number of ketones is 1. The van der Waals surface area contributed by atoms with E-state index in [2.05, 4.69) is 10.3 Å². The van der Waals surface area contributed by atoms with Gasteiger partial charge in [0.15, 0.2) is 5.96 Å². The molecule has 0 heterocycles. The number of allylic oxidation sites excluding steroid dienone is 1. The van der Waals surface area contributed by atoms with E-state index in [1.165, 1.54) is 0 Å². The van der Waals surface area contributed by atoms with E-state index in [-0.39, 0.29) is 12.4 Å². The molecule has 6 N–H and O–H groups in total. The number of carboxylic acids is 1. The van der Waals surface area contributed by atoms with Crippen LogP contribution in [0.2, 0.25) is 0 Å². The van der Waals surface area contributed by atoms with Gasteiger partial charge in [-0.2, -0.15) is 0 Å². The van der Waals surface area contributed by atoms with E-state index in [0.717, 1.165) is 12.3 Å². The lowest BCUT2D eigenvalue weighted by atomic mass is 10.1. The molecule has 0 aromatic rings. The van der Waals surface area contributed by atoms with Crippen molar-refractivity contribution in [2.45, 2.75) is 22.7 Å². The molecule has 0 aromatic heterocycles. The lowest BCUT2D eigenvalue weighted by Gasteiger charge is -2.12. The van der Waals surface area contributed by atoms with Crippen LogP contribution in [0.25, 0.3) is 0 Å². The number of carbonyl (C=O) groups is 2. The maximum atomic E-state index is 11.2. The topological polar surface area (TPSA) is 131 Å². The Balaban J connectivity index is 4.29. The van der Waals surface area contributed by atoms with Gasteiger partial charge in [0.1, 0.15) is 6.04 Å². The Bertz CT molecular complexity index is 403. The van der Waals surface area contributed by atoms with Crippen molar-refractivity contribution in [1.82, 2.24) is 5.32 Å². The zero-order chi connectivity index (χ0) is 15.8. The highest BCUT2D eigenvalue weighted by Gasteiger charge is 2.28. The predicted molar refractivity (Wildman–Crippen MR) is 78.9 cm³/mol. The highest BCUT2D eigenvalue weighted by molar-refractivity contribution is 6.77. The third-order valence-electron chi connectivity index (χ3n) is 2.05. The van der Waals surface area contributed by atoms with Crippen molar-refractivity contribution in [3.8, 4) is 0 Å². The van der Waals surface area contributed by atoms with Gasteiger partial charge in [-0.1, -0.05) is 34.8 Å². The van der Waals surface area contributed by atoms with Gasteiger partial charge in [0, 0.05) is 18.8 Å². The quantitative estimate of drug-likeness (QED) is 0.167. The zero-order valence-electron chi connectivity index (χ0n) is 10.4. The van der Waals surface area contributed by atoms with E-state index in [1.54, 1.807) is 0 Å². The van der Waals surface area contributed by atoms with Crippen molar-refractivity contribution < 1.29 is 14.7 Å². The van der Waals surface area contributed by atoms with Gasteiger partial charge >= 0.3 is 5.97 Å². The van der Waals surface area contributed by atoms with E-state index in [0.29, 0.717) is 13.0 Å². The van der Waals surface area contributed by atoms with Crippen molar-refractivity contribution >= 4 is 52.5 Å². The minimum absolute atomic E-state index is 0.0574. The summed E-state index contributed by atoms with van der Waals surface area (Å²) in [5, 5.41) is 11.5. The number of guanidine groups is 1. The van der Waals surface area contributed by atoms with Gasteiger partial charge in [-0.3, -0.25) is 9.79 Å². The largest absolute Gasteiger partial charge is 0.480 e. The number of hydrogen-bond donors (Lipinski definition) is 4. The second-order valence-corrected chi connectivity index (χ2v) is 5.98. The summed E-state index contributed by atoms with van der Waals surface area (Å²) in [5.41, 5.74) is 10.3. The molecular weight excluding hydrogens is 330 g/mol. The Hall–Kier alpha value is -1.18. The Morgan fingerprint density at radius 3 is 2.40 bits per heavy atom. The van der Waals surface area contributed by atoms with Crippen LogP contribution in [-0.4, -0.2) is 39.2 Å². The summed E-state index contributed by atoms with van der Waals surface area (Å²) in [5.74, 6) is -1.92. The molecule has 0 unspecified atom stereocenters. The van der Waals surface area contributed by atoms with Crippen LogP contribution in [-0.2, 0) is 9.59 Å². The first-order valence-electron chi connectivity index (χ1n) is 5.46. The maximum Gasteiger partial charge on any atom is 0.326 e. The van der Waals surface area contributed by atoms with Crippen molar-refractivity contribution in [3.05, 3.63) is 12.3 Å². The fraction of sp³-hybridized carbons (Fsp3) is 0.500. The highest BCUT2D eigenvalue weighted by atomic mass is 35.6. The number of rotatable bonds is 8. The summed E-state index contributed by atoms with van der Waals surface area (Å²) in [6.07, 6.45) is 2.80. The molecule has 0 aliphatic carbocycles. The molecule has 0 bridgehead atoms. The number of nitrogens with two attached hydrogens (primary N) is 2. The normalized spacial score (nSPS) is 12.9. The van der Waals surface area contributed by atoms with Gasteiger partial charge in [-0.25, -0.2) is 4.79 Å². The van der Waals surface area contributed by atoms with Gasteiger partial charge in [0.2, 0.25) is 5.78 Å². The van der Waals surface area contributed by atoms with Crippen LogP contribution in [0.15, 0.2) is 17.3 Å². The number of aliphatic carboxylic acids is 1. The summed E-state index contributed by atoms with van der Waals surface area (Å²) in [4.78, 5) is 25.9. The van der Waals surface area contributed by atoms with Crippen LogP contribution in [0.5, 0.6) is 0 Å². The van der Waals surface area contributed by atoms with Crippen LogP contribution in [0.1, 0.15) is 12.8 Å². The smallest absolute Gasteiger partial charge is 0.326 e. The first kappa shape index (κ1) is 18.8. The monoisotopic (exact) mass is 344 g/mol. The van der Waals surface area contributed by atoms with Gasteiger partial charge in [0.25, 0.3) is 3.79 Å². The summed E-state index contributed by atoms with van der Waals surface area (Å²) < 4.78 is -2.07. The summed E-state index contributed by atoms with van der Waals surface area (Å²) >= 11 is 16.0. The Morgan fingerprint density at radius 2 is 1.95 bits per heavy atom. The number of aliphatic imine (C=N–C) groups is 1. The molecule has 0 aliphatic heterocycles. The van der Waals surface area contributed by atoms with Gasteiger partial charge in [-0.15, -0.1) is 0 Å². The molecule has 114 valence electrons. The molecule has 10 heteroatoms. The SMILES string of the molecule is NC(N)=NCCC[C@H](N/C=C\C(=O)C(Cl)(Cl)Cl)C(=O)O. The van der Waals surface area contributed by atoms with Crippen LogP contribution < -0.4 is 16.8 Å². The number of carbonyl (C=O) groups excluding carboxylic acids is 1. The average molecular weight is 346 g/mol. The molecule has 0 saturated carbocycles. The first-order valence-corrected chi connectivity index (χ1v) is 6.60. The second-order valence-electron chi connectivity index (χ2n) is 3.70. The van der Waals surface area contributed by atoms with Crippen LogP contribution in [0.4, 0.5) is 0 Å². The number of carboxylic acid groups (broad SMARTS) is 1. The van der Waals surface area contributed by atoms with Crippen LogP contribution in [0.3, 0.4) is 0 Å². The highest BCUT2D eigenvalue weighted by Crippen LogP contribution is 2.27. The van der Waals surface area contributed by atoms with E-state index in [9.17, 15) is 9.59 Å². The Labute approximate surface area is 130 Å². The number of hydrogen-bond acceptors (Lipinski definition) is 4. The van der Waals surface area contributed by atoms with E-state index >= 15 is 0 Å². The maximum absolute atomic E-state index is 11.2. The Morgan fingerprint density at radius 1 is 1.35 bits per heavy atom. The molecule has 0 rings (SSSR count). The van der Waals surface area contributed by atoms with Crippen molar-refractivity contribution in [2.24, 2.45) is 16.5 Å². The molecule has 7 nitrogen and oxygen atoms in total. The lowest BCUT2D eigenvalue weighted by Crippen LogP contribution is -2.33. The fourth-order valence-electron chi connectivity index (χ4n) is 1.12. The van der Waals surface area contributed by atoms with Gasteiger partial charge in [0.05, 0.1) is 0 Å². The number of alkyl halides is 3. The molecule has 0 aromatic carbocycles. The average Bonchev–Trinajstić information content (AvgIpc) is 2.29. The van der Waals surface area contributed by atoms with Crippen molar-refractivity contribution in [3.63, 3.8) is 0 Å². The van der Waals surface area contributed by atoms with Gasteiger partial charge < -0.3 is 21.9 Å². The second kappa shape index (κ2) is 8.89. The fourth-order valence-corrected chi connectivity index (χ4v) is 1.31. The number of nitrogens with zero attached hydrogens (tertiary/aromatic N) is 1. The first-order chi connectivity index (χ1) is 9.14. The predicted octanol–water partition coefficient (Wildman–Crippen LogP) is 0.536. The standard InChI is InChI=1S/C10H15Cl3N4O3/c11-10(12,13)7(18)3-5-16-6(8(19)20)2-1-4-17-9(14)15/h3,5-6,16H,1-2,4H2,(H,19,20)(H4,14,15,17)/b5-3-/t6-/m0/s1. The molecule has 0 radical (unpaired) electrons. The van der Waals surface area contributed by atoms with Crippen LogP contribution in [0, 0.1) is 0 Å². The molecule has 20 heavy (non-hydrogen) atoms.